The van der Waals surface area contributed by atoms with Gasteiger partial charge in [-0.2, -0.15) is 12.6 Å². The Kier molecular flexibility index (Phi) is 4.06. The van der Waals surface area contributed by atoms with Gasteiger partial charge in [-0.3, -0.25) is 0 Å². The first-order chi connectivity index (χ1) is 8.34. The van der Waals surface area contributed by atoms with Crippen LogP contribution in [0.4, 0.5) is 0 Å². The van der Waals surface area contributed by atoms with E-state index in [0.29, 0.717) is 18.3 Å². The maximum absolute atomic E-state index is 6.54. The van der Waals surface area contributed by atoms with Crippen LogP contribution < -0.4 is 0 Å². The molecule has 0 amide bonds. The van der Waals surface area contributed by atoms with Crippen molar-refractivity contribution in [2.75, 3.05) is 0 Å². The zero-order valence-corrected chi connectivity index (χ0v) is 11.7. The van der Waals surface area contributed by atoms with E-state index in [1.54, 1.807) is 0 Å². The highest BCUT2D eigenvalue weighted by Crippen LogP contribution is 2.47. The molecule has 3 fully saturated rings. The Morgan fingerprint density at radius 2 is 1.35 bits per heavy atom. The van der Waals surface area contributed by atoms with Gasteiger partial charge >= 0.3 is 0 Å². The fourth-order valence-corrected chi connectivity index (χ4v) is 4.68. The van der Waals surface area contributed by atoms with Crippen LogP contribution >= 0.6 is 12.6 Å². The molecule has 2 saturated heterocycles. The summed E-state index contributed by atoms with van der Waals surface area (Å²) in [4.78, 5) is 0. The Bertz CT molecular complexity index is 239. The average molecular weight is 252 g/mol. The first-order valence-corrected chi connectivity index (χ1v) is 8.20. The van der Waals surface area contributed by atoms with Gasteiger partial charge in [-0.1, -0.05) is 51.4 Å². The van der Waals surface area contributed by atoms with Gasteiger partial charge in [-0.15, -0.1) is 0 Å². The molecule has 0 radical (unpaired) electrons. The molecular formula is C14H25BOS. The molecule has 2 bridgehead atoms. The van der Waals surface area contributed by atoms with E-state index in [1.165, 1.54) is 64.2 Å². The molecule has 3 rings (SSSR count). The summed E-state index contributed by atoms with van der Waals surface area (Å²) in [5.41, 5.74) is 0. The van der Waals surface area contributed by atoms with E-state index >= 15 is 0 Å². The topological polar surface area (TPSA) is 9.23 Å². The lowest BCUT2D eigenvalue weighted by molar-refractivity contribution is 0.143. The van der Waals surface area contributed by atoms with Crippen molar-refractivity contribution in [3.8, 4) is 0 Å². The highest BCUT2D eigenvalue weighted by atomic mass is 32.1. The summed E-state index contributed by atoms with van der Waals surface area (Å²) in [5.74, 6) is 1.76. The lowest BCUT2D eigenvalue weighted by atomic mass is 9.38. The normalized spacial score (nSPS) is 42.5. The molecule has 0 N–H and O–H groups in total. The van der Waals surface area contributed by atoms with Crippen molar-refractivity contribution in [3.05, 3.63) is 0 Å². The number of fused-ring (bicyclic) bond motifs is 2. The van der Waals surface area contributed by atoms with Gasteiger partial charge in [-0.05, 0) is 24.5 Å². The molecule has 17 heavy (non-hydrogen) atoms. The molecule has 2 atom stereocenters. The second kappa shape index (κ2) is 5.56. The molecule has 1 nitrogen and oxygen atoms in total. The minimum absolute atomic E-state index is 0.457. The maximum Gasteiger partial charge on any atom is 0.299 e. The van der Waals surface area contributed by atoms with E-state index in [0.717, 1.165) is 11.6 Å². The van der Waals surface area contributed by atoms with Gasteiger partial charge in [0.1, 0.15) is 0 Å². The van der Waals surface area contributed by atoms with Gasteiger partial charge in [0.05, 0.1) is 6.10 Å². The zero-order chi connectivity index (χ0) is 11.7. The quantitative estimate of drug-likeness (QED) is 0.568. The molecule has 3 aliphatic rings. The highest BCUT2D eigenvalue weighted by molar-refractivity contribution is 7.81. The number of thiol groups is 1. The van der Waals surface area contributed by atoms with E-state index in [-0.39, 0.29) is 0 Å². The monoisotopic (exact) mass is 252 g/mol. The summed E-state index contributed by atoms with van der Waals surface area (Å²) in [6.45, 7) is 0.593. The molecule has 2 heterocycles. The van der Waals surface area contributed by atoms with Crippen molar-refractivity contribution in [3.63, 3.8) is 0 Å². The van der Waals surface area contributed by atoms with Gasteiger partial charge in [0.25, 0.3) is 6.92 Å². The molecule has 0 spiro atoms. The van der Waals surface area contributed by atoms with Crippen LogP contribution in [-0.4, -0.2) is 18.3 Å². The summed E-state index contributed by atoms with van der Waals surface area (Å²) in [7, 11) is 0. The second-order valence-corrected chi connectivity index (χ2v) is 7.04. The molecule has 2 unspecified atom stereocenters. The van der Waals surface area contributed by atoms with Crippen LogP contribution in [0, 0.1) is 0 Å². The molecule has 96 valence electrons. The Balaban J connectivity index is 1.62. The van der Waals surface area contributed by atoms with Gasteiger partial charge < -0.3 is 4.65 Å². The molecule has 2 aliphatic heterocycles. The third-order valence-electron chi connectivity index (χ3n) is 5.23. The predicted octanol–water partition coefficient (Wildman–Crippen LogP) is 4.34. The minimum atomic E-state index is 0.457. The lowest BCUT2D eigenvalue weighted by Crippen LogP contribution is -2.43. The van der Waals surface area contributed by atoms with Crippen molar-refractivity contribution in [1.29, 1.82) is 0 Å². The summed E-state index contributed by atoms with van der Waals surface area (Å²) < 4.78 is 6.54. The van der Waals surface area contributed by atoms with Crippen LogP contribution in [0.5, 0.6) is 0 Å². The third kappa shape index (κ3) is 2.70. The number of hydrogen-bond donors (Lipinski definition) is 1. The van der Waals surface area contributed by atoms with E-state index in [9.17, 15) is 0 Å². The summed E-state index contributed by atoms with van der Waals surface area (Å²) in [5, 5.41) is 0.506. The van der Waals surface area contributed by atoms with Gasteiger partial charge in [-0.25, -0.2) is 0 Å². The molecule has 0 aromatic carbocycles. The Labute approximate surface area is 112 Å². The van der Waals surface area contributed by atoms with E-state index in [4.69, 9.17) is 17.3 Å². The fourth-order valence-electron chi connectivity index (χ4n) is 4.28. The van der Waals surface area contributed by atoms with Crippen LogP contribution in [0.3, 0.4) is 0 Å². The van der Waals surface area contributed by atoms with E-state index in [1.807, 2.05) is 0 Å². The first kappa shape index (κ1) is 12.4. The molecule has 0 aromatic rings. The van der Waals surface area contributed by atoms with Crippen LogP contribution in [-0.2, 0) is 4.65 Å². The van der Waals surface area contributed by atoms with Crippen molar-refractivity contribution < 1.29 is 4.65 Å². The molecule has 1 saturated carbocycles. The van der Waals surface area contributed by atoms with Crippen LogP contribution in [0.25, 0.3) is 0 Å². The molecular weight excluding hydrogens is 227 g/mol. The molecule has 3 heteroatoms. The Hall–Kier alpha value is 0.375. The standard InChI is InChI=1S/C14H25BOS/c17-14-10-2-1-9-13(14)16-15-11-5-3-6-12(15)8-4-7-11/h11-14,17H,1-10H2. The van der Waals surface area contributed by atoms with Crippen LogP contribution in [0.2, 0.25) is 11.6 Å². The van der Waals surface area contributed by atoms with Gasteiger partial charge in [0.15, 0.2) is 0 Å². The summed E-state index contributed by atoms with van der Waals surface area (Å²) >= 11 is 4.74. The van der Waals surface area contributed by atoms with Crippen LogP contribution in [0.15, 0.2) is 0 Å². The minimum Gasteiger partial charge on any atom is -0.432 e. The number of rotatable bonds is 2. The summed E-state index contributed by atoms with van der Waals surface area (Å²) in [6, 6.07) is 0. The predicted molar refractivity (Wildman–Crippen MR) is 77.1 cm³/mol. The first-order valence-electron chi connectivity index (χ1n) is 7.68. The smallest absolute Gasteiger partial charge is 0.299 e. The largest absolute Gasteiger partial charge is 0.432 e. The van der Waals surface area contributed by atoms with Gasteiger partial charge in [0, 0.05) is 5.25 Å². The van der Waals surface area contributed by atoms with Crippen LogP contribution in [0.1, 0.15) is 64.2 Å². The molecule has 1 aliphatic carbocycles. The van der Waals surface area contributed by atoms with Crippen molar-refractivity contribution >= 4 is 19.5 Å². The third-order valence-corrected chi connectivity index (χ3v) is 5.82. The maximum atomic E-state index is 6.54. The summed E-state index contributed by atoms with van der Waals surface area (Å²) in [6.07, 6.45) is 14.3. The second-order valence-electron chi connectivity index (χ2n) is 6.37. The molecule has 0 aromatic heterocycles. The zero-order valence-electron chi connectivity index (χ0n) is 10.8. The van der Waals surface area contributed by atoms with Crippen molar-refractivity contribution in [2.45, 2.75) is 87.2 Å². The number of hydrogen-bond acceptors (Lipinski definition) is 2. The fraction of sp³-hybridized carbons (Fsp3) is 1.00. The lowest BCUT2D eigenvalue weighted by Gasteiger charge is -2.42. The Morgan fingerprint density at radius 3 is 1.94 bits per heavy atom. The van der Waals surface area contributed by atoms with E-state index in [2.05, 4.69) is 0 Å². The van der Waals surface area contributed by atoms with Crippen molar-refractivity contribution in [1.82, 2.24) is 0 Å². The van der Waals surface area contributed by atoms with Crippen molar-refractivity contribution in [2.24, 2.45) is 0 Å². The SMILES string of the molecule is SC1CCCCC1OB1C2CCCC1CCC2. The highest BCUT2D eigenvalue weighted by Gasteiger charge is 2.43. The Morgan fingerprint density at radius 1 is 0.765 bits per heavy atom. The van der Waals surface area contributed by atoms with E-state index < -0.39 is 0 Å². The van der Waals surface area contributed by atoms with Gasteiger partial charge in [0.2, 0.25) is 0 Å². The average Bonchev–Trinajstić information content (AvgIpc) is 2.32.